The third kappa shape index (κ3) is 4.37. The van der Waals surface area contributed by atoms with Gasteiger partial charge in [0.15, 0.2) is 0 Å². The molecule has 8 heteroatoms. The molecule has 2 aromatic rings. The van der Waals surface area contributed by atoms with Crippen LogP contribution in [0.3, 0.4) is 0 Å². The van der Waals surface area contributed by atoms with E-state index in [4.69, 9.17) is 4.74 Å². The smallest absolute Gasteiger partial charge is 0.314 e. The lowest BCUT2D eigenvalue weighted by Gasteiger charge is -2.41. The van der Waals surface area contributed by atoms with E-state index in [1.54, 1.807) is 30.3 Å². The van der Waals surface area contributed by atoms with Crippen LogP contribution in [0.2, 0.25) is 0 Å². The molecular formula is C20H23F2N3O3. The number of carbonyl (C=O) groups excluding carboxylic acids is 2. The van der Waals surface area contributed by atoms with Crippen molar-refractivity contribution >= 4 is 11.9 Å². The number of amides is 1. The molecule has 1 atom stereocenters. The Hall–Kier alpha value is -2.77. The molecule has 1 amide bonds. The van der Waals surface area contributed by atoms with Gasteiger partial charge in [0.1, 0.15) is 18.2 Å². The fourth-order valence-electron chi connectivity index (χ4n) is 3.67. The number of aromatic nitrogens is 2. The Morgan fingerprint density at radius 3 is 2.82 bits per heavy atom. The highest BCUT2D eigenvalue weighted by atomic mass is 19.1. The van der Waals surface area contributed by atoms with Crippen molar-refractivity contribution in [3.8, 4) is 0 Å². The number of hydrogen-bond acceptors (Lipinski definition) is 4. The van der Waals surface area contributed by atoms with E-state index in [9.17, 15) is 18.4 Å². The number of piperidine rings is 1. The van der Waals surface area contributed by atoms with Crippen molar-refractivity contribution in [3.05, 3.63) is 53.9 Å². The Labute approximate surface area is 162 Å². The Balaban J connectivity index is 1.83. The molecule has 0 unspecified atom stereocenters. The Morgan fingerprint density at radius 2 is 2.14 bits per heavy atom. The van der Waals surface area contributed by atoms with Crippen LogP contribution in [0.15, 0.2) is 36.7 Å². The zero-order valence-electron chi connectivity index (χ0n) is 15.7. The van der Waals surface area contributed by atoms with Gasteiger partial charge in [-0.2, -0.15) is 5.10 Å². The van der Waals surface area contributed by atoms with Gasteiger partial charge in [-0.25, -0.2) is 8.78 Å². The highest BCUT2D eigenvalue weighted by molar-refractivity contribution is 5.81. The van der Waals surface area contributed by atoms with E-state index < -0.39 is 23.0 Å². The summed E-state index contributed by atoms with van der Waals surface area (Å²) in [6.07, 6.45) is 4.38. The predicted octanol–water partition coefficient (Wildman–Crippen LogP) is 2.58. The maximum atomic E-state index is 14.2. The lowest BCUT2D eigenvalue weighted by atomic mass is 9.75. The Bertz CT molecular complexity index is 841. The zero-order valence-corrected chi connectivity index (χ0v) is 15.7. The summed E-state index contributed by atoms with van der Waals surface area (Å²) < 4.78 is 34.3. The number of ether oxygens (including phenoxy) is 1. The van der Waals surface area contributed by atoms with Crippen LogP contribution in [0.1, 0.15) is 25.3 Å². The molecule has 150 valence electrons. The van der Waals surface area contributed by atoms with Crippen molar-refractivity contribution in [1.82, 2.24) is 14.7 Å². The summed E-state index contributed by atoms with van der Waals surface area (Å²) in [6, 6.07) is 5.04. The van der Waals surface area contributed by atoms with Gasteiger partial charge in [-0.15, -0.1) is 0 Å². The molecule has 3 rings (SSSR count). The van der Waals surface area contributed by atoms with Crippen molar-refractivity contribution < 1.29 is 23.1 Å². The molecule has 6 nitrogen and oxygen atoms in total. The third-order valence-corrected chi connectivity index (χ3v) is 5.04. The first-order valence-electron chi connectivity index (χ1n) is 9.30. The van der Waals surface area contributed by atoms with Crippen molar-refractivity contribution in [2.75, 3.05) is 19.7 Å². The lowest BCUT2D eigenvalue weighted by molar-refractivity contribution is -0.161. The van der Waals surface area contributed by atoms with Crippen LogP contribution in [0, 0.1) is 17.0 Å². The lowest BCUT2D eigenvalue weighted by Crippen LogP contribution is -2.52. The average Bonchev–Trinajstić information content (AvgIpc) is 3.17. The number of halogens is 2. The minimum Gasteiger partial charge on any atom is -0.466 e. The number of hydrogen-bond donors (Lipinski definition) is 0. The van der Waals surface area contributed by atoms with Crippen LogP contribution < -0.4 is 0 Å². The van der Waals surface area contributed by atoms with E-state index in [2.05, 4.69) is 5.10 Å². The van der Waals surface area contributed by atoms with Crippen LogP contribution in [0.4, 0.5) is 8.78 Å². The first-order valence-corrected chi connectivity index (χ1v) is 9.30. The van der Waals surface area contributed by atoms with Gasteiger partial charge >= 0.3 is 5.97 Å². The Kier molecular flexibility index (Phi) is 6.06. The van der Waals surface area contributed by atoms with Crippen molar-refractivity contribution in [3.63, 3.8) is 0 Å². The Morgan fingerprint density at radius 1 is 1.32 bits per heavy atom. The highest BCUT2D eigenvalue weighted by Crippen LogP contribution is 2.36. The molecule has 0 radical (unpaired) electrons. The fourth-order valence-corrected chi connectivity index (χ4v) is 3.67. The summed E-state index contributed by atoms with van der Waals surface area (Å²) >= 11 is 0. The van der Waals surface area contributed by atoms with Gasteiger partial charge in [0.25, 0.3) is 0 Å². The molecule has 0 aliphatic carbocycles. The van der Waals surface area contributed by atoms with Gasteiger partial charge in [-0.1, -0.05) is 6.07 Å². The molecule has 1 aromatic carbocycles. The van der Waals surface area contributed by atoms with Crippen LogP contribution in [0.25, 0.3) is 0 Å². The van der Waals surface area contributed by atoms with Crippen LogP contribution in [0.5, 0.6) is 0 Å². The average molecular weight is 391 g/mol. The molecule has 1 aromatic heterocycles. The third-order valence-electron chi connectivity index (χ3n) is 5.04. The summed E-state index contributed by atoms with van der Waals surface area (Å²) in [4.78, 5) is 27.1. The largest absolute Gasteiger partial charge is 0.466 e. The molecule has 1 fully saturated rings. The minimum atomic E-state index is -1.06. The van der Waals surface area contributed by atoms with Crippen LogP contribution in [-0.2, 0) is 27.3 Å². The van der Waals surface area contributed by atoms with E-state index in [0.29, 0.717) is 19.4 Å². The molecule has 1 aliphatic rings. The molecule has 1 saturated heterocycles. The van der Waals surface area contributed by atoms with Crippen molar-refractivity contribution in [2.24, 2.45) is 5.41 Å². The summed E-state index contributed by atoms with van der Waals surface area (Å²) in [5.41, 5.74) is -0.831. The predicted molar refractivity (Wildman–Crippen MR) is 97.2 cm³/mol. The zero-order chi connectivity index (χ0) is 20.1. The molecule has 1 aliphatic heterocycles. The molecular weight excluding hydrogens is 368 g/mol. The van der Waals surface area contributed by atoms with Gasteiger partial charge in [0.2, 0.25) is 5.91 Å². The maximum absolute atomic E-state index is 14.2. The minimum absolute atomic E-state index is 0.0451. The number of benzene rings is 1. The van der Waals surface area contributed by atoms with Gasteiger partial charge in [0.05, 0.1) is 12.0 Å². The number of carbonyl (C=O) groups is 2. The maximum Gasteiger partial charge on any atom is 0.314 e. The number of likely N-dealkylation sites (tertiary alicyclic amines) is 1. The van der Waals surface area contributed by atoms with Gasteiger partial charge in [0, 0.05) is 31.5 Å². The second-order valence-corrected chi connectivity index (χ2v) is 7.04. The molecule has 2 heterocycles. The second kappa shape index (κ2) is 8.50. The molecule has 0 saturated carbocycles. The summed E-state index contributed by atoms with van der Waals surface area (Å²) in [5, 5.41) is 4.03. The second-order valence-electron chi connectivity index (χ2n) is 7.04. The topological polar surface area (TPSA) is 64.4 Å². The molecule has 0 spiro atoms. The normalized spacial score (nSPS) is 19.5. The first kappa shape index (κ1) is 20.0. The summed E-state index contributed by atoms with van der Waals surface area (Å²) in [7, 11) is 0. The van der Waals surface area contributed by atoms with Gasteiger partial charge < -0.3 is 9.64 Å². The standard InChI is InChI=1S/C20H23F2N3O3/c1-2-28-19(27)20(12-15-5-6-16(21)11-17(15)22)7-3-9-24(14-20)18(26)13-25-10-4-8-23-25/h4-6,8,10-11H,2-3,7,9,12-14H2,1H3/t20-/m1/s1. The summed E-state index contributed by atoms with van der Waals surface area (Å²) in [5.74, 6) is -2.01. The first-order chi connectivity index (χ1) is 13.4. The van der Waals surface area contributed by atoms with Crippen molar-refractivity contribution in [2.45, 2.75) is 32.7 Å². The van der Waals surface area contributed by atoms with E-state index in [0.717, 1.165) is 6.07 Å². The van der Waals surface area contributed by atoms with Crippen LogP contribution in [-0.4, -0.2) is 46.3 Å². The van der Waals surface area contributed by atoms with Gasteiger partial charge in [-0.05, 0) is 43.9 Å². The van der Waals surface area contributed by atoms with E-state index in [1.165, 1.54) is 16.8 Å². The summed E-state index contributed by atoms with van der Waals surface area (Å²) in [6.45, 7) is 2.59. The van der Waals surface area contributed by atoms with Gasteiger partial charge in [-0.3, -0.25) is 14.3 Å². The fraction of sp³-hybridized carbons (Fsp3) is 0.450. The van der Waals surface area contributed by atoms with Crippen LogP contribution >= 0.6 is 0 Å². The van der Waals surface area contributed by atoms with E-state index in [1.807, 2.05) is 0 Å². The van der Waals surface area contributed by atoms with Crippen molar-refractivity contribution in [1.29, 1.82) is 0 Å². The van der Waals surface area contributed by atoms with E-state index >= 15 is 0 Å². The number of rotatable bonds is 6. The number of nitrogens with zero attached hydrogens (tertiary/aromatic N) is 3. The SMILES string of the molecule is CCOC(=O)[C@@]1(Cc2ccc(F)cc2F)CCCN(C(=O)Cn2cccn2)C1. The monoisotopic (exact) mass is 391 g/mol. The highest BCUT2D eigenvalue weighted by Gasteiger charge is 2.45. The molecule has 28 heavy (non-hydrogen) atoms. The number of esters is 1. The molecule has 0 bridgehead atoms. The van der Waals surface area contributed by atoms with E-state index in [-0.39, 0.29) is 37.6 Å². The molecule has 0 N–H and O–H groups in total. The quantitative estimate of drug-likeness (QED) is 0.710.